The first-order chi connectivity index (χ1) is 7.33. The van der Waals surface area contributed by atoms with Gasteiger partial charge in [0.15, 0.2) is 0 Å². The fourth-order valence-electron chi connectivity index (χ4n) is 1.54. The number of nitrogens with zero attached hydrogens (tertiary/aromatic N) is 5. The lowest BCUT2D eigenvalue weighted by molar-refractivity contribution is 0.768. The van der Waals surface area contributed by atoms with Crippen LogP contribution < -0.4 is 0 Å². The first-order valence-corrected chi connectivity index (χ1v) is 4.61. The molecule has 5 nitrogen and oxygen atoms in total. The summed E-state index contributed by atoms with van der Waals surface area (Å²) in [7, 11) is 1.89. The summed E-state index contributed by atoms with van der Waals surface area (Å²) in [5.41, 5.74) is 2.91. The van der Waals surface area contributed by atoms with Gasteiger partial charge in [0, 0.05) is 31.2 Å². The van der Waals surface area contributed by atoms with Crippen LogP contribution in [-0.4, -0.2) is 24.4 Å². The molecule has 0 saturated carbocycles. The van der Waals surface area contributed by atoms with Gasteiger partial charge in [-0.25, -0.2) is 4.52 Å². The molecule has 3 aromatic rings. The van der Waals surface area contributed by atoms with Crippen LogP contribution in [-0.2, 0) is 7.05 Å². The SMILES string of the molecule is Cn1cc(-c2cc3cnccn3n2)cn1. The number of aryl methyl sites for hydroxylation is 1. The van der Waals surface area contributed by atoms with Crippen molar-refractivity contribution in [3.05, 3.63) is 37.1 Å². The quantitative estimate of drug-likeness (QED) is 0.590. The fourth-order valence-corrected chi connectivity index (χ4v) is 1.54. The molecule has 15 heavy (non-hydrogen) atoms. The van der Waals surface area contributed by atoms with Gasteiger partial charge in [0.2, 0.25) is 0 Å². The van der Waals surface area contributed by atoms with Crippen molar-refractivity contribution in [1.82, 2.24) is 24.4 Å². The van der Waals surface area contributed by atoms with Crippen molar-refractivity contribution in [3.63, 3.8) is 0 Å². The minimum absolute atomic E-state index is 0.913. The Morgan fingerprint density at radius 2 is 2.20 bits per heavy atom. The lowest BCUT2D eigenvalue weighted by Gasteiger charge is -1.87. The van der Waals surface area contributed by atoms with Gasteiger partial charge in [-0.15, -0.1) is 0 Å². The Hall–Kier alpha value is -2.17. The van der Waals surface area contributed by atoms with E-state index in [0.29, 0.717) is 0 Å². The van der Waals surface area contributed by atoms with Gasteiger partial charge in [0.25, 0.3) is 0 Å². The van der Waals surface area contributed by atoms with Crippen LogP contribution >= 0.6 is 0 Å². The molecule has 74 valence electrons. The molecule has 0 atom stereocenters. The van der Waals surface area contributed by atoms with Crippen molar-refractivity contribution in [1.29, 1.82) is 0 Å². The minimum Gasteiger partial charge on any atom is -0.275 e. The highest BCUT2D eigenvalue weighted by Gasteiger charge is 2.05. The number of fused-ring (bicyclic) bond motifs is 1. The molecule has 3 heterocycles. The van der Waals surface area contributed by atoms with E-state index in [2.05, 4.69) is 15.2 Å². The Morgan fingerprint density at radius 1 is 1.27 bits per heavy atom. The summed E-state index contributed by atoms with van der Waals surface area (Å²) in [5, 5.41) is 8.53. The average Bonchev–Trinajstić information content (AvgIpc) is 2.82. The molecule has 0 saturated heterocycles. The van der Waals surface area contributed by atoms with Gasteiger partial charge in [-0.1, -0.05) is 0 Å². The van der Waals surface area contributed by atoms with Crippen LogP contribution in [0.15, 0.2) is 37.1 Å². The molecule has 0 aliphatic carbocycles. The van der Waals surface area contributed by atoms with E-state index in [-0.39, 0.29) is 0 Å². The van der Waals surface area contributed by atoms with E-state index < -0.39 is 0 Å². The molecule has 0 bridgehead atoms. The van der Waals surface area contributed by atoms with E-state index in [1.807, 2.05) is 25.5 Å². The predicted octanol–water partition coefficient (Wildman–Crippen LogP) is 1.13. The highest BCUT2D eigenvalue weighted by atomic mass is 15.3. The first-order valence-electron chi connectivity index (χ1n) is 4.61. The Labute approximate surface area is 86.0 Å². The molecule has 0 unspecified atom stereocenters. The van der Waals surface area contributed by atoms with Crippen LogP contribution in [0.3, 0.4) is 0 Å². The van der Waals surface area contributed by atoms with Gasteiger partial charge >= 0.3 is 0 Å². The summed E-state index contributed by atoms with van der Waals surface area (Å²) in [6.07, 6.45) is 9.07. The van der Waals surface area contributed by atoms with Crippen LogP contribution in [0.25, 0.3) is 16.8 Å². The summed E-state index contributed by atoms with van der Waals surface area (Å²) in [6.45, 7) is 0. The minimum atomic E-state index is 0.913. The van der Waals surface area contributed by atoms with E-state index in [1.54, 1.807) is 27.8 Å². The first kappa shape index (κ1) is 8.16. The second-order valence-electron chi connectivity index (χ2n) is 3.38. The van der Waals surface area contributed by atoms with Gasteiger partial charge in [-0.2, -0.15) is 10.2 Å². The van der Waals surface area contributed by atoms with Crippen LogP contribution in [0.5, 0.6) is 0 Å². The number of rotatable bonds is 1. The molecule has 0 N–H and O–H groups in total. The maximum atomic E-state index is 4.42. The van der Waals surface area contributed by atoms with E-state index in [4.69, 9.17) is 0 Å². The lowest BCUT2D eigenvalue weighted by atomic mass is 10.2. The van der Waals surface area contributed by atoms with Gasteiger partial charge in [0.1, 0.15) is 0 Å². The van der Waals surface area contributed by atoms with E-state index in [9.17, 15) is 0 Å². The summed E-state index contributed by atoms with van der Waals surface area (Å²) in [4.78, 5) is 4.04. The van der Waals surface area contributed by atoms with Gasteiger partial charge < -0.3 is 0 Å². The maximum absolute atomic E-state index is 4.42. The van der Waals surface area contributed by atoms with Gasteiger partial charge in [-0.05, 0) is 6.07 Å². The maximum Gasteiger partial charge on any atom is 0.0965 e. The Balaban J connectivity index is 2.19. The molecule has 0 aromatic carbocycles. The van der Waals surface area contributed by atoms with Crippen LogP contribution in [0.1, 0.15) is 0 Å². The monoisotopic (exact) mass is 199 g/mol. The Morgan fingerprint density at radius 3 is 2.93 bits per heavy atom. The van der Waals surface area contributed by atoms with E-state index in [1.165, 1.54) is 0 Å². The van der Waals surface area contributed by atoms with Gasteiger partial charge in [0.05, 0.1) is 23.6 Å². The molecule has 3 rings (SSSR count). The molecule has 0 amide bonds. The van der Waals surface area contributed by atoms with Crippen molar-refractivity contribution in [2.24, 2.45) is 7.05 Å². The van der Waals surface area contributed by atoms with Crippen LogP contribution in [0.4, 0.5) is 0 Å². The third-order valence-corrected chi connectivity index (χ3v) is 2.27. The second kappa shape index (κ2) is 2.91. The molecule has 0 aliphatic rings. The van der Waals surface area contributed by atoms with Crippen molar-refractivity contribution in [3.8, 4) is 11.3 Å². The fraction of sp³-hybridized carbons (Fsp3) is 0.100. The zero-order valence-corrected chi connectivity index (χ0v) is 8.20. The second-order valence-corrected chi connectivity index (χ2v) is 3.38. The molecule has 0 spiro atoms. The van der Waals surface area contributed by atoms with Crippen molar-refractivity contribution >= 4 is 5.52 Å². The van der Waals surface area contributed by atoms with Crippen molar-refractivity contribution < 1.29 is 0 Å². The normalized spacial score (nSPS) is 11.0. The predicted molar refractivity (Wildman–Crippen MR) is 55.2 cm³/mol. The Bertz CT molecular complexity index is 574. The summed E-state index contributed by atoms with van der Waals surface area (Å²) in [6, 6.07) is 1.99. The van der Waals surface area contributed by atoms with Crippen molar-refractivity contribution in [2.45, 2.75) is 0 Å². The molecule has 0 radical (unpaired) electrons. The molecule has 0 fully saturated rings. The molecule has 3 aromatic heterocycles. The molecular formula is C10H9N5. The largest absolute Gasteiger partial charge is 0.275 e. The van der Waals surface area contributed by atoms with Crippen LogP contribution in [0.2, 0.25) is 0 Å². The Kier molecular flexibility index (Phi) is 1.58. The number of aromatic nitrogens is 5. The third-order valence-electron chi connectivity index (χ3n) is 2.27. The van der Waals surface area contributed by atoms with Crippen molar-refractivity contribution in [2.75, 3.05) is 0 Å². The molecule has 5 heteroatoms. The average molecular weight is 199 g/mol. The highest BCUT2D eigenvalue weighted by Crippen LogP contribution is 2.17. The number of hydrogen-bond donors (Lipinski definition) is 0. The van der Waals surface area contributed by atoms with E-state index >= 15 is 0 Å². The lowest BCUT2D eigenvalue weighted by Crippen LogP contribution is -1.86. The summed E-state index contributed by atoms with van der Waals surface area (Å²) in [5.74, 6) is 0. The topological polar surface area (TPSA) is 48.0 Å². The molecular weight excluding hydrogens is 190 g/mol. The van der Waals surface area contributed by atoms with Crippen LogP contribution in [0, 0.1) is 0 Å². The smallest absolute Gasteiger partial charge is 0.0965 e. The number of hydrogen-bond acceptors (Lipinski definition) is 3. The summed E-state index contributed by atoms with van der Waals surface area (Å²) < 4.78 is 3.56. The summed E-state index contributed by atoms with van der Waals surface area (Å²) >= 11 is 0. The standard InChI is InChI=1S/C10H9N5/c1-14-7-8(5-12-14)10-4-9-6-11-2-3-15(9)13-10/h2-7H,1H3. The van der Waals surface area contributed by atoms with E-state index in [0.717, 1.165) is 16.8 Å². The highest BCUT2D eigenvalue weighted by molar-refractivity contribution is 5.63. The molecule has 0 aliphatic heterocycles. The third kappa shape index (κ3) is 1.28. The zero-order chi connectivity index (χ0) is 10.3. The van der Waals surface area contributed by atoms with Gasteiger partial charge in [-0.3, -0.25) is 9.67 Å². The zero-order valence-electron chi connectivity index (χ0n) is 8.20.